The van der Waals surface area contributed by atoms with Crippen LogP contribution in [0.25, 0.3) is 0 Å². The highest BCUT2D eigenvalue weighted by atomic mass is 35.5. The van der Waals surface area contributed by atoms with Crippen molar-refractivity contribution in [3.63, 3.8) is 0 Å². The number of nitrogens with zero attached hydrogens (tertiary/aromatic N) is 1. The van der Waals surface area contributed by atoms with Crippen LogP contribution in [0.4, 0.5) is 5.69 Å². The summed E-state index contributed by atoms with van der Waals surface area (Å²) in [7, 11) is 3.14. The van der Waals surface area contributed by atoms with Crippen molar-refractivity contribution in [3.8, 4) is 11.5 Å². The number of carbonyl (C=O) groups is 1. The normalized spacial score (nSPS) is 15.2. The molecule has 0 aliphatic carbocycles. The lowest BCUT2D eigenvalue weighted by Crippen LogP contribution is -2.32. The average Bonchev–Trinajstić information content (AvgIpc) is 3.01. The Kier molecular flexibility index (Phi) is 5.32. The van der Waals surface area contributed by atoms with Crippen LogP contribution in [0.5, 0.6) is 11.5 Å². The SMILES string of the molecule is COc1cc(OC)c(N[C@H]2c3ccccc3C(=O)N2Cc2ccccc2)cc1Cl. The molecule has 0 bridgehead atoms. The molecule has 0 aromatic heterocycles. The van der Waals surface area contributed by atoms with Gasteiger partial charge in [-0.1, -0.05) is 60.1 Å². The summed E-state index contributed by atoms with van der Waals surface area (Å²) >= 11 is 6.34. The maximum Gasteiger partial charge on any atom is 0.256 e. The van der Waals surface area contributed by atoms with Gasteiger partial charge in [-0.2, -0.15) is 0 Å². The third kappa shape index (κ3) is 3.61. The first kappa shape index (κ1) is 19.2. The van der Waals surface area contributed by atoms with E-state index in [0.29, 0.717) is 34.3 Å². The van der Waals surface area contributed by atoms with Crippen molar-refractivity contribution in [1.82, 2.24) is 4.90 Å². The number of hydrogen-bond donors (Lipinski definition) is 1. The van der Waals surface area contributed by atoms with E-state index in [4.69, 9.17) is 21.1 Å². The number of anilines is 1. The fourth-order valence-corrected chi connectivity index (χ4v) is 3.83. The first-order valence-electron chi connectivity index (χ1n) is 9.24. The predicted molar refractivity (Wildman–Crippen MR) is 114 cm³/mol. The third-order valence-corrected chi connectivity index (χ3v) is 5.32. The van der Waals surface area contributed by atoms with E-state index in [-0.39, 0.29) is 12.1 Å². The molecule has 1 N–H and O–H groups in total. The summed E-state index contributed by atoms with van der Waals surface area (Å²) in [5.41, 5.74) is 3.35. The smallest absolute Gasteiger partial charge is 0.256 e. The fourth-order valence-electron chi connectivity index (χ4n) is 3.59. The Morgan fingerprint density at radius 1 is 0.966 bits per heavy atom. The van der Waals surface area contributed by atoms with Crippen molar-refractivity contribution >= 4 is 23.2 Å². The Morgan fingerprint density at radius 3 is 2.38 bits per heavy atom. The summed E-state index contributed by atoms with van der Waals surface area (Å²) < 4.78 is 10.8. The van der Waals surface area contributed by atoms with Gasteiger partial charge in [0, 0.05) is 23.7 Å². The van der Waals surface area contributed by atoms with E-state index in [1.165, 1.54) is 0 Å². The number of carbonyl (C=O) groups excluding carboxylic acids is 1. The molecular weight excluding hydrogens is 388 g/mol. The highest BCUT2D eigenvalue weighted by Gasteiger charge is 2.36. The van der Waals surface area contributed by atoms with Crippen LogP contribution in [0.15, 0.2) is 66.7 Å². The highest BCUT2D eigenvalue weighted by molar-refractivity contribution is 6.32. The Labute approximate surface area is 174 Å². The Hall–Kier alpha value is -3.18. The Morgan fingerprint density at radius 2 is 1.66 bits per heavy atom. The van der Waals surface area contributed by atoms with Crippen LogP contribution >= 0.6 is 11.6 Å². The van der Waals surface area contributed by atoms with Gasteiger partial charge in [0.15, 0.2) is 0 Å². The lowest BCUT2D eigenvalue weighted by molar-refractivity contribution is 0.0728. The number of hydrogen-bond acceptors (Lipinski definition) is 4. The highest BCUT2D eigenvalue weighted by Crippen LogP contribution is 2.41. The lowest BCUT2D eigenvalue weighted by Gasteiger charge is -2.28. The largest absolute Gasteiger partial charge is 0.495 e. The van der Waals surface area contributed by atoms with Gasteiger partial charge in [0.1, 0.15) is 17.7 Å². The van der Waals surface area contributed by atoms with E-state index in [9.17, 15) is 4.79 Å². The monoisotopic (exact) mass is 408 g/mol. The molecule has 6 heteroatoms. The summed E-state index contributed by atoms with van der Waals surface area (Å²) in [6.45, 7) is 0.484. The van der Waals surface area contributed by atoms with Gasteiger partial charge in [0.2, 0.25) is 0 Å². The lowest BCUT2D eigenvalue weighted by atomic mass is 10.1. The van der Waals surface area contributed by atoms with E-state index < -0.39 is 0 Å². The molecule has 148 valence electrons. The molecule has 1 atom stereocenters. The number of benzene rings is 3. The van der Waals surface area contributed by atoms with Gasteiger partial charge in [0.25, 0.3) is 5.91 Å². The van der Waals surface area contributed by atoms with Crippen molar-refractivity contribution in [1.29, 1.82) is 0 Å². The molecule has 1 aliphatic rings. The van der Waals surface area contributed by atoms with Gasteiger partial charge in [-0.25, -0.2) is 0 Å². The van der Waals surface area contributed by atoms with Gasteiger partial charge in [-0.15, -0.1) is 0 Å². The van der Waals surface area contributed by atoms with Crippen LogP contribution < -0.4 is 14.8 Å². The zero-order valence-corrected chi connectivity index (χ0v) is 16.9. The summed E-state index contributed by atoms with van der Waals surface area (Å²) in [6.07, 6.45) is -0.350. The molecule has 3 aromatic carbocycles. The average molecular weight is 409 g/mol. The van der Waals surface area contributed by atoms with Crippen LogP contribution in [0, 0.1) is 0 Å². The number of nitrogens with one attached hydrogen (secondary N) is 1. The van der Waals surface area contributed by atoms with Crippen LogP contribution in [0.3, 0.4) is 0 Å². The summed E-state index contributed by atoms with van der Waals surface area (Å²) in [5, 5.41) is 3.91. The molecule has 5 nitrogen and oxygen atoms in total. The molecule has 0 spiro atoms. The number of ether oxygens (including phenoxy) is 2. The number of amides is 1. The van der Waals surface area contributed by atoms with E-state index in [1.807, 2.05) is 59.5 Å². The molecule has 1 amide bonds. The Bertz CT molecular complexity index is 1040. The summed E-state index contributed by atoms with van der Waals surface area (Å²) in [4.78, 5) is 14.9. The molecular formula is C23H21ClN2O3. The molecule has 0 saturated heterocycles. The zero-order chi connectivity index (χ0) is 20.4. The first-order chi connectivity index (χ1) is 14.1. The van der Waals surface area contributed by atoms with Crippen LogP contribution in [0.2, 0.25) is 5.02 Å². The molecule has 1 aliphatic heterocycles. The quantitative estimate of drug-likeness (QED) is 0.614. The third-order valence-electron chi connectivity index (χ3n) is 5.02. The fraction of sp³-hybridized carbons (Fsp3) is 0.174. The maximum atomic E-state index is 13.1. The standard InChI is InChI=1S/C23H21ClN2O3/c1-28-20-13-21(29-2)19(12-18(20)24)25-22-16-10-6-7-11-17(16)23(27)26(22)14-15-8-4-3-5-9-15/h3-13,22,25H,14H2,1-2H3/t22-/m1/s1. The first-order valence-corrected chi connectivity index (χ1v) is 9.62. The molecule has 0 saturated carbocycles. The van der Waals surface area contributed by atoms with Crippen molar-refractivity contribution in [2.24, 2.45) is 0 Å². The molecule has 0 fully saturated rings. The van der Waals surface area contributed by atoms with E-state index >= 15 is 0 Å². The number of fused-ring (bicyclic) bond motifs is 1. The molecule has 0 unspecified atom stereocenters. The molecule has 4 rings (SSSR count). The minimum absolute atomic E-state index is 0.0134. The molecule has 3 aromatic rings. The van der Waals surface area contributed by atoms with Gasteiger partial charge in [-0.05, 0) is 17.7 Å². The molecule has 29 heavy (non-hydrogen) atoms. The van der Waals surface area contributed by atoms with Crippen molar-refractivity contribution < 1.29 is 14.3 Å². The van der Waals surface area contributed by atoms with Gasteiger partial charge in [-0.3, -0.25) is 4.79 Å². The second kappa shape index (κ2) is 8.05. The number of rotatable bonds is 6. The topological polar surface area (TPSA) is 50.8 Å². The molecule has 1 heterocycles. The predicted octanol–water partition coefficient (Wildman–Crippen LogP) is 5.12. The van der Waals surface area contributed by atoms with E-state index in [1.54, 1.807) is 26.4 Å². The van der Waals surface area contributed by atoms with Crippen LogP contribution in [0.1, 0.15) is 27.7 Å². The minimum atomic E-state index is -0.350. The number of methoxy groups -OCH3 is 2. The maximum absolute atomic E-state index is 13.1. The van der Waals surface area contributed by atoms with Crippen molar-refractivity contribution in [3.05, 3.63) is 88.4 Å². The minimum Gasteiger partial charge on any atom is -0.495 e. The van der Waals surface area contributed by atoms with Crippen molar-refractivity contribution in [2.45, 2.75) is 12.7 Å². The molecule has 0 radical (unpaired) electrons. The van der Waals surface area contributed by atoms with Crippen LogP contribution in [-0.4, -0.2) is 25.0 Å². The summed E-state index contributed by atoms with van der Waals surface area (Å²) in [5.74, 6) is 1.10. The Balaban J connectivity index is 1.73. The zero-order valence-electron chi connectivity index (χ0n) is 16.2. The van der Waals surface area contributed by atoms with E-state index in [0.717, 1.165) is 11.1 Å². The van der Waals surface area contributed by atoms with Gasteiger partial charge < -0.3 is 19.7 Å². The summed E-state index contributed by atoms with van der Waals surface area (Å²) in [6, 6.07) is 21.1. The second-order valence-electron chi connectivity index (χ2n) is 6.74. The van der Waals surface area contributed by atoms with E-state index in [2.05, 4.69) is 5.32 Å². The van der Waals surface area contributed by atoms with Gasteiger partial charge >= 0.3 is 0 Å². The van der Waals surface area contributed by atoms with Crippen LogP contribution in [-0.2, 0) is 6.54 Å². The number of halogens is 1. The van der Waals surface area contributed by atoms with Gasteiger partial charge in [0.05, 0.1) is 24.9 Å². The second-order valence-corrected chi connectivity index (χ2v) is 7.15. The van der Waals surface area contributed by atoms with Crippen molar-refractivity contribution in [2.75, 3.05) is 19.5 Å².